The molecule has 0 spiro atoms. The van der Waals surface area contributed by atoms with Gasteiger partial charge in [0.1, 0.15) is 12.1 Å². The number of aliphatic hydroxyl groups is 1. The van der Waals surface area contributed by atoms with Gasteiger partial charge in [-0.15, -0.1) is 0 Å². The summed E-state index contributed by atoms with van der Waals surface area (Å²) < 4.78 is 0. The van der Waals surface area contributed by atoms with Crippen LogP contribution in [-0.4, -0.2) is 40.3 Å². The highest BCUT2D eigenvalue weighted by Gasteiger charge is 2.28. The summed E-state index contributed by atoms with van der Waals surface area (Å²) in [5.74, 6) is -1.85. The molecule has 0 fully saturated rings. The smallest absolute Gasteiger partial charge is 0.326 e. The first-order chi connectivity index (χ1) is 10.7. The Kier molecular flexibility index (Phi) is 7.48. The van der Waals surface area contributed by atoms with Crippen molar-refractivity contribution in [2.45, 2.75) is 44.9 Å². The highest BCUT2D eigenvalue weighted by Crippen LogP contribution is 2.17. The minimum atomic E-state index is -1.51. The van der Waals surface area contributed by atoms with Gasteiger partial charge in [0.25, 0.3) is 5.91 Å². The van der Waals surface area contributed by atoms with Crippen LogP contribution in [0, 0.1) is 5.92 Å². The van der Waals surface area contributed by atoms with Crippen LogP contribution >= 0.6 is 11.6 Å². The van der Waals surface area contributed by atoms with Crippen LogP contribution in [0.4, 0.5) is 0 Å². The van der Waals surface area contributed by atoms with Gasteiger partial charge in [-0.1, -0.05) is 43.6 Å². The first kappa shape index (κ1) is 19.4. The number of aliphatic hydroxyl groups excluding tert-OH is 1. The number of hydrogen-bond acceptors (Lipinski definition) is 4. The number of nitrogens with two attached hydrogens (primary N) is 1. The van der Waals surface area contributed by atoms with Crippen molar-refractivity contribution in [2.75, 3.05) is 0 Å². The lowest BCUT2D eigenvalue weighted by molar-refractivity contribution is -0.144. The maximum Gasteiger partial charge on any atom is 0.326 e. The molecular weight excluding hydrogens is 320 g/mol. The maximum absolute atomic E-state index is 12.0. The third-order valence-corrected chi connectivity index (χ3v) is 3.78. The zero-order chi connectivity index (χ0) is 17.6. The molecule has 1 aromatic carbocycles. The third-order valence-electron chi connectivity index (χ3n) is 3.41. The molecule has 7 heteroatoms. The number of hydrogen-bond donors (Lipinski definition) is 4. The van der Waals surface area contributed by atoms with Gasteiger partial charge in [-0.2, -0.15) is 0 Å². The summed E-state index contributed by atoms with van der Waals surface area (Å²) >= 11 is 6.02. The maximum atomic E-state index is 12.0. The summed E-state index contributed by atoms with van der Waals surface area (Å²) in [6, 6.07) is 5.06. The number of nitrogens with one attached hydrogen (secondary N) is 1. The molecule has 0 aliphatic carbocycles. The predicted octanol–water partition coefficient (Wildman–Crippen LogP) is 1.19. The van der Waals surface area contributed by atoms with Crippen molar-refractivity contribution in [3.8, 4) is 0 Å². The normalized spacial score (nSPS) is 15.0. The van der Waals surface area contributed by atoms with Crippen LogP contribution < -0.4 is 11.1 Å². The van der Waals surface area contributed by atoms with Crippen molar-refractivity contribution >= 4 is 23.5 Å². The molecule has 6 nitrogen and oxygen atoms in total. The van der Waals surface area contributed by atoms with Crippen LogP contribution in [0.3, 0.4) is 0 Å². The van der Waals surface area contributed by atoms with E-state index >= 15 is 0 Å². The summed E-state index contributed by atoms with van der Waals surface area (Å²) in [6.45, 7) is 3.70. The zero-order valence-corrected chi connectivity index (χ0v) is 14.0. The average Bonchev–Trinajstić information content (AvgIpc) is 2.47. The fraction of sp³-hybridized carbons (Fsp3) is 0.500. The molecule has 0 heterocycles. The van der Waals surface area contributed by atoms with Crippen LogP contribution in [0.1, 0.15) is 25.8 Å². The molecule has 5 N–H and O–H groups in total. The van der Waals surface area contributed by atoms with E-state index in [1.165, 1.54) is 0 Å². The van der Waals surface area contributed by atoms with Gasteiger partial charge in [0.05, 0.1) is 0 Å². The van der Waals surface area contributed by atoms with E-state index in [-0.39, 0.29) is 18.8 Å². The molecule has 0 aliphatic rings. The molecule has 1 rings (SSSR count). The first-order valence-electron chi connectivity index (χ1n) is 7.42. The summed E-state index contributed by atoms with van der Waals surface area (Å²) in [4.78, 5) is 23.2. The van der Waals surface area contributed by atoms with Gasteiger partial charge in [0.15, 0.2) is 0 Å². The Morgan fingerprint density at radius 3 is 2.43 bits per heavy atom. The predicted molar refractivity (Wildman–Crippen MR) is 88.2 cm³/mol. The number of halogens is 1. The topological polar surface area (TPSA) is 113 Å². The lowest BCUT2D eigenvalue weighted by Crippen LogP contribution is -2.52. The Balaban J connectivity index is 2.67. The average molecular weight is 343 g/mol. The number of aliphatic carboxylic acids is 1. The monoisotopic (exact) mass is 342 g/mol. The largest absolute Gasteiger partial charge is 0.480 e. The molecule has 0 unspecified atom stereocenters. The van der Waals surface area contributed by atoms with Gasteiger partial charge in [-0.25, -0.2) is 4.79 Å². The van der Waals surface area contributed by atoms with E-state index in [1.807, 2.05) is 13.8 Å². The molecular formula is C16H23ClN2O4. The molecule has 0 aliphatic heterocycles. The Bertz CT molecular complexity index is 551. The lowest BCUT2D eigenvalue weighted by atomic mass is 10.00. The Labute approximate surface area is 140 Å². The molecule has 1 amide bonds. The van der Waals surface area contributed by atoms with E-state index < -0.39 is 30.1 Å². The number of benzene rings is 1. The number of amides is 1. The molecule has 0 saturated heterocycles. The van der Waals surface area contributed by atoms with Crippen molar-refractivity contribution in [3.63, 3.8) is 0 Å². The summed E-state index contributed by atoms with van der Waals surface area (Å²) in [7, 11) is 0. The van der Waals surface area contributed by atoms with Gasteiger partial charge < -0.3 is 21.3 Å². The number of carboxylic acid groups (broad SMARTS) is 1. The number of rotatable bonds is 8. The van der Waals surface area contributed by atoms with Gasteiger partial charge in [-0.3, -0.25) is 4.79 Å². The molecule has 3 atom stereocenters. The van der Waals surface area contributed by atoms with E-state index in [4.69, 9.17) is 22.4 Å². The van der Waals surface area contributed by atoms with Crippen LogP contribution in [0.15, 0.2) is 24.3 Å². The fourth-order valence-electron chi connectivity index (χ4n) is 2.17. The molecule has 23 heavy (non-hydrogen) atoms. The molecule has 0 radical (unpaired) electrons. The fourth-order valence-corrected chi connectivity index (χ4v) is 2.39. The Hall–Kier alpha value is -1.63. The number of carboxylic acids is 1. The highest BCUT2D eigenvalue weighted by atomic mass is 35.5. The Morgan fingerprint density at radius 1 is 1.30 bits per heavy atom. The summed E-state index contributed by atoms with van der Waals surface area (Å²) in [5.41, 5.74) is 6.57. The Morgan fingerprint density at radius 2 is 1.91 bits per heavy atom. The summed E-state index contributed by atoms with van der Waals surface area (Å²) in [5, 5.41) is 22.0. The van der Waals surface area contributed by atoms with Crippen LogP contribution in [0.5, 0.6) is 0 Å². The van der Waals surface area contributed by atoms with E-state index in [0.717, 1.165) is 0 Å². The van der Waals surface area contributed by atoms with Crippen LogP contribution in [0.2, 0.25) is 5.02 Å². The number of carbonyl (C=O) groups is 2. The zero-order valence-electron chi connectivity index (χ0n) is 13.2. The molecule has 0 saturated carbocycles. The second-order valence-corrected chi connectivity index (χ2v) is 6.34. The van der Waals surface area contributed by atoms with Crippen molar-refractivity contribution in [3.05, 3.63) is 34.9 Å². The van der Waals surface area contributed by atoms with Gasteiger partial charge >= 0.3 is 5.97 Å². The van der Waals surface area contributed by atoms with E-state index in [1.54, 1.807) is 24.3 Å². The lowest BCUT2D eigenvalue weighted by Gasteiger charge is -2.22. The summed E-state index contributed by atoms with van der Waals surface area (Å²) in [6.07, 6.45) is -1.04. The van der Waals surface area contributed by atoms with Gasteiger partial charge in [0.2, 0.25) is 0 Å². The molecule has 0 aromatic heterocycles. The number of carbonyl (C=O) groups excluding carboxylic acids is 1. The van der Waals surface area contributed by atoms with Crippen molar-refractivity contribution in [2.24, 2.45) is 11.7 Å². The van der Waals surface area contributed by atoms with Gasteiger partial charge in [-0.05, 0) is 30.4 Å². The van der Waals surface area contributed by atoms with E-state index in [0.29, 0.717) is 10.6 Å². The highest BCUT2D eigenvalue weighted by molar-refractivity contribution is 6.31. The van der Waals surface area contributed by atoms with E-state index in [2.05, 4.69) is 5.32 Å². The van der Waals surface area contributed by atoms with Crippen LogP contribution in [-0.2, 0) is 16.0 Å². The van der Waals surface area contributed by atoms with Crippen molar-refractivity contribution in [1.29, 1.82) is 0 Å². The molecule has 128 valence electrons. The SMILES string of the molecule is CC(C)C[C@H](NC(=O)[C@H](O)[C@@H](N)Cc1ccccc1Cl)C(=O)O. The molecule has 0 bridgehead atoms. The second kappa shape index (κ2) is 8.86. The first-order valence-corrected chi connectivity index (χ1v) is 7.80. The van der Waals surface area contributed by atoms with E-state index in [9.17, 15) is 14.7 Å². The second-order valence-electron chi connectivity index (χ2n) is 5.93. The standard InChI is InChI=1S/C16H23ClN2O4/c1-9(2)7-13(16(22)23)19-15(21)14(20)12(18)8-10-5-3-4-6-11(10)17/h3-6,9,12-14,20H,7-8,18H2,1-2H3,(H,19,21)(H,22,23)/t12-,13-,14+/m0/s1. The van der Waals surface area contributed by atoms with Crippen LogP contribution in [0.25, 0.3) is 0 Å². The minimum Gasteiger partial charge on any atom is -0.480 e. The van der Waals surface area contributed by atoms with Crippen molar-refractivity contribution in [1.82, 2.24) is 5.32 Å². The van der Waals surface area contributed by atoms with Crippen molar-refractivity contribution < 1.29 is 19.8 Å². The minimum absolute atomic E-state index is 0.0883. The van der Waals surface area contributed by atoms with Gasteiger partial charge in [0, 0.05) is 11.1 Å². The third kappa shape index (κ3) is 6.17. The molecule has 1 aromatic rings. The quantitative estimate of drug-likeness (QED) is 0.566.